The summed E-state index contributed by atoms with van der Waals surface area (Å²) < 4.78 is 48.9. The van der Waals surface area contributed by atoms with Crippen LogP contribution in [-0.2, 0) is 25.7 Å². The number of rotatable bonds is 4. The van der Waals surface area contributed by atoms with Crippen molar-refractivity contribution in [2.45, 2.75) is 23.2 Å². The van der Waals surface area contributed by atoms with Crippen LogP contribution < -0.4 is 0 Å². The van der Waals surface area contributed by atoms with Gasteiger partial charge < -0.3 is 0 Å². The van der Waals surface area contributed by atoms with Crippen molar-refractivity contribution in [1.82, 2.24) is 4.31 Å². The summed E-state index contributed by atoms with van der Waals surface area (Å²) >= 11 is 5.66. The summed E-state index contributed by atoms with van der Waals surface area (Å²) in [6, 6.07) is 5.80. The molecule has 1 unspecified atom stereocenters. The minimum Gasteiger partial charge on any atom is -0.229 e. The molecule has 112 valence electrons. The molecule has 0 aromatic heterocycles. The summed E-state index contributed by atoms with van der Waals surface area (Å²) in [4.78, 5) is 0.151. The summed E-state index contributed by atoms with van der Waals surface area (Å²) in [5, 5.41) is 0. The van der Waals surface area contributed by atoms with Crippen LogP contribution >= 0.6 is 11.6 Å². The molecule has 0 saturated carbocycles. The third-order valence-corrected chi connectivity index (χ3v) is 7.46. The number of halogens is 1. The zero-order chi connectivity index (χ0) is 15.0. The highest BCUT2D eigenvalue weighted by atomic mass is 35.5. The maximum Gasteiger partial charge on any atom is 0.243 e. The molecule has 8 heteroatoms. The van der Waals surface area contributed by atoms with Gasteiger partial charge in [0.15, 0.2) is 9.84 Å². The number of hydrogen-bond acceptors (Lipinski definition) is 4. The van der Waals surface area contributed by atoms with Gasteiger partial charge in [-0.05, 0) is 24.1 Å². The Morgan fingerprint density at radius 1 is 1.30 bits per heavy atom. The van der Waals surface area contributed by atoms with Gasteiger partial charge in [-0.25, -0.2) is 16.8 Å². The lowest BCUT2D eigenvalue weighted by Crippen LogP contribution is -2.37. The quantitative estimate of drug-likeness (QED) is 0.775. The van der Waals surface area contributed by atoms with E-state index in [4.69, 9.17) is 11.6 Å². The molecule has 0 aliphatic carbocycles. The fourth-order valence-electron chi connectivity index (χ4n) is 2.18. The maximum atomic E-state index is 12.4. The van der Waals surface area contributed by atoms with Gasteiger partial charge in [0, 0.05) is 19.0 Å². The Hall–Kier alpha value is -0.630. The molecule has 1 aliphatic rings. The molecule has 0 radical (unpaired) electrons. The van der Waals surface area contributed by atoms with E-state index in [0.29, 0.717) is 12.3 Å². The lowest BCUT2D eigenvalue weighted by Gasteiger charge is -2.22. The van der Waals surface area contributed by atoms with Crippen LogP contribution in [0.2, 0.25) is 0 Å². The van der Waals surface area contributed by atoms with Crippen LogP contribution in [0.3, 0.4) is 0 Å². The van der Waals surface area contributed by atoms with Crippen LogP contribution in [-0.4, -0.2) is 45.7 Å². The summed E-state index contributed by atoms with van der Waals surface area (Å²) in [5.74, 6) is 0.252. The van der Waals surface area contributed by atoms with Crippen LogP contribution in [0, 0.1) is 0 Å². The molecule has 20 heavy (non-hydrogen) atoms. The molecular weight excluding hydrogens is 322 g/mol. The highest BCUT2D eigenvalue weighted by molar-refractivity contribution is 7.92. The van der Waals surface area contributed by atoms with Crippen molar-refractivity contribution in [2.75, 3.05) is 18.6 Å². The van der Waals surface area contributed by atoms with Crippen molar-refractivity contribution in [3.05, 3.63) is 29.8 Å². The van der Waals surface area contributed by atoms with Crippen molar-refractivity contribution in [1.29, 1.82) is 0 Å². The van der Waals surface area contributed by atoms with E-state index in [1.54, 1.807) is 12.1 Å². The monoisotopic (exact) mass is 337 g/mol. The second-order valence-corrected chi connectivity index (χ2v) is 9.35. The number of nitrogens with zero attached hydrogens (tertiary/aromatic N) is 1. The molecule has 1 aromatic carbocycles. The van der Waals surface area contributed by atoms with Gasteiger partial charge >= 0.3 is 0 Å². The van der Waals surface area contributed by atoms with Gasteiger partial charge in [-0.2, -0.15) is 4.31 Å². The molecule has 5 nitrogen and oxygen atoms in total. The van der Waals surface area contributed by atoms with E-state index in [-0.39, 0.29) is 16.4 Å². The molecule has 0 spiro atoms. The minimum atomic E-state index is -3.67. The van der Waals surface area contributed by atoms with Crippen molar-refractivity contribution in [3.8, 4) is 0 Å². The third kappa shape index (κ3) is 3.16. The van der Waals surface area contributed by atoms with Gasteiger partial charge in [0.25, 0.3) is 0 Å². The van der Waals surface area contributed by atoms with E-state index < -0.39 is 25.9 Å². The number of sulfone groups is 1. The van der Waals surface area contributed by atoms with Crippen LogP contribution in [0.5, 0.6) is 0 Å². The smallest absolute Gasteiger partial charge is 0.229 e. The average Bonchev–Trinajstić information content (AvgIpc) is 2.78. The molecule has 1 saturated heterocycles. The fraction of sp³-hybridized carbons (Fsp3) is 0.500. The molecular formula is C12H16ClNO4S2. The Labute approximate surface area is 124 Å². The zero-order valence-corrected chi connectivity index (χ0v) is 13.4. The lowest BCUT2D eigenvalue weighted by molar-refractivity contribution is 0.394. The number of hydrogen-bond donors (Lipinski definition) is 0. The molecule has 1 aromatic rings. The van der Waals surface area contributed by atoms with E-state index in [1.807, 2.05) is 0 Å². The Morgan fingerprint density at radius 3 is 2.35 bits per heavy atom. The lowest BCUT2D eigenvalue weighted by atomic mass is 10.2. The van der Waals surface area contributed by atoms with Crippen LogP contribution in [0.4, 0.5) is 0 Å². The number of alkyl halides is 1. The summed E-state index contributed by atoms with van der Waals surface area (Å²) in [6.07, 6.45) is 0.345. The second kappa shape index (κ2) is 5.63. The van der Waals surface area contributed by atoms with Gasteiger partial charge in [-0.1, -0.05) is 12.1 Å². The van der Waals surface area contributed by atoms with E-state index in [9.17, 15) is 16.8 Å². The molecule has 0 amide bonds. The number of sulfonamides is 1. The first kappa shape index (κ1) is 15.8. The van der Waals surface area contributed by atoms with Crippen molar-refractivity contribution in [3.63, 3.8) is 0 Å². The summed E-state index contributed by atoms with van der Waals surface area (Å²) in [6.45, 7) is 0. The van der Waals surface area contributed by atoms with E-state index in [2.05, 4.69) is 0 Å². The standard InChI is InChI=1S/C12H16ClNO4S2/c1-14(11-6-7-19(15,16)9-11)20(17,18)12-4-2-10(8-13)3-5-12/h2-5,11H,6-9H2,1H3. The first-order valence-electron chi connectivity index (χ1n) is 6.09. The molecule has 1 atom stereocenters. The van der Waals surface area contributed by atoms with Crippen molar-refractivity contribution < 1.29 is 16.8 Å². The zero-order valence-electron chi connectivity index (χ0n) is 11.0. The van der Waals surface area contributed by atoms with Gasteiger partial charge in [0.2, 0.25) is 10.0 Å². The predicted octanol–water partition coefficient (Wildman–Crippen LogP) is 1.23. The van der Waals surface area contributed by atoms with E-state index >= 15 is 0 Å². The van der Waals surface area contributed by atoms with E-state index in [1.165, 1.54) is 19.2 Å². The van der Waals surface area contributed by atoms with Gasteiger partial charge in [0.1, 0.15) is 0 Å². The summed E-state index contributed by atoms with van der Waals surface area (Å²) in [5.41, 5.74) is 0.830. The predicted molar refractivity (Wildman–Crippen MR) is 78.0 cm³/mol. The first-order valence-corrected chi connectivity index (χ1v) is 9.89. The third-order valence-electron chi connectivity index (χ3n) is 3.48. The second-order valence-electron chi connectivity index (χ2n) is 4.86. The van der Waals surface area contributed by atoms with Crippen molar-refractivity contribution >= 4 is 31.5 Å². The van der Waals surface area contributed by atoms with E-state index in [0.717, 1.165) is 9.87 Å². The Balaban J connectivity index is 2.25. The van der Waals surface area contributed by atoms with Crippen molar-refractivity contribution in [2.24, 2.45) is 0 Å². The Morgan fingerprint density at radius 2 is 1.90 bits per heavy atom. The molecule has 2 rings (SSSR count). The average molecular weight is 338 g/mol. The normalized spacial score (nSPS) is 22.2. The van der Waals surface area contributed by atoms with Gasteiger partial charge in [0.05, 0.1) is 16.4 Å². The highest BCUT2D eigenvalue weighted by Gasteiger charge is 2.36. The molecule has 1 heterocycles. The SMILES string of the molecule is CN(C1CCS(=O)(=O)C1)S(=O)(=O)c1ccc(CCl)cc1. The molecule has 1 aliphatic heterocycles. The van der Waals surface area contributed by atoms with Gasteiger partial charge in [-0.15, -0.1) is 11.6 Å². The minimum absolute atomic E-state index is 0.0444. The Bertz CT molecular complexity index is 683. The van der Waals surface area contributed by atoms with Crippen LogP contribution in [0.25, 0.3) is 0 Å². The summed E-state index contributed by atoms with van der Waals surface area (Å²) in [7, 11) is -5.36. The molecule has 0 N–H and O–H groups in total. The topological polar surface area (TPSA) is 71.5 Å². The Kier molecular flexibility index (Phi) is 4.44. The first-order chi connectivity index (χ1) is 9.26. The van der Waals surface area contributed by atoms with Gasteiger partial charge in [-0.3, -0.25) is 0 Å². The highest BCUT2D eigenvalue weighted by Crippen LogP contribution is 2.23. The number of benzene rings is 1. The fourth-order valence-corrected chi connectivity index (χ4v) is 5.61. The van der Waals surface area contributed by atoms with Crippen LogP contribution in [0.1, 0.15) is 12.0 Å². The maximum absolute atomic E-state index is 12.4. The largest absolute Gasteiger partial charge is 0.243 e. The molecule has 1 fully saturated rings. The molecule has 0 bridgehead atoms. The van der Waals surface area contributed by atoms with Crippen LogP contribution in [0.15, 0.2) is 29.2 Å².